The van der Waals surface area contributed by atoms with E-state index < -0.39 is 5.60 Å². The maximum atomic E-state index is 10.6. The largest absolute Gasteiger partial charge is 0.384 e. The molecule has 82 valence electrons. The first-order valence-electron chi connectivity index (χ1n) is 6.04. The van der Waals surface area contributed by atoms with Crippen molar-refractivity contribution < 1.29 is 10.2 Å². The second-order valence-corrected chi connectivity index (χ2v) is 5.63. The maximum absolute atomic E-state index is 10.6. The van der Waals surface area contributed by atoms with Gasteiger partial charge >= 0.3 is 0 Å². The Bertz CT molecular complexity index is 325. The summed E-state index contributed by atoms with van der Waals surface area (Å²) in [5.74, 6) is 8.23. The highest BCUT2D eigenvalue weighted by Crippen LogP contribution is 2.58. The summed E-state index contributed by atoms with van der Waals surface area (Å²) in [6.07, 6.45) is 5.93. The van der Waals surface area contributed by atoms with Gasteiger partial charge in [-0.2, -0.15) is 0 Å². The highest BCUT2D eigenvalue weighted by atomic mass is 16.3. The number of hydrogen-bond acceptors (Lipinski definition) is 2. The second kappa shape index (κ2) is 3.23. The lowest BCUT2D eigenvalue weighted by molar-refractivity contribution is -0.0352. The van der Waals surface area contributed by atoms with E-state index in [0.717, 1.165) is 18.8 Å². The van der Waals surface area contributed by atoms with Crippen LogP contribution in [0.4, 0.5) is 0 Å². The fraction of sp³-hybridized carbons (Fsp3) is 0.846. The predicted molar refractivity (Wildman–Crippen MR) is 56.9 cm³/mol. The molecular formula is C13H18O2. The molecule has 3 aliphatic carbocycles. The molecule has 2 heteroatoms. The van der Waals surface area contributed by atoms with Crippen LogP contribution in [-0.4, -0.2) is 22.4 Å². The Labute approximate surface area is 90.7 Å². The molecule has 0 aromatic rings. The SMILES string of the molecule is OCC#C[C@]1(O)CC2CC3CC(C2)C1C3. The summed E-state index contributed by atoms with van der Waals surface area (Å²) in [5.41, 5.74) is -0.776. The molecule has 2 nitrogen and oxygen atoms in total. The van der Waals surface area contributed by atoms with Gasteiger partial charge < -0.3 is 10.2 Å². The van der Waals surface area contributed by atoms with Crippen LogP contribution in [0.1, 0.15) is 32.1 Å². The summed E-state index contributed by atoms with van der Waals surface area (Å²) in [6, 6.07) is 0. The molecule has 0 aromatic carbocycles. The molecule has 0 radical (unpaired) electrons. The molecule has 0 spiro atoms. The highest BCUT2D eigenvalue weighted by Gasteiger charge is 2.54. The van der Waals surface area contributed by atoms with Crippen LogP contribution < -0.4 is 0 Å². The molecular weight excluding hydrogens is 188 g/mol. The third-order valence-corrected chi connectivity index (χ3v) is 4.69. The van der Waals surface area contributed by atoms with E-state index in [4.69, 9.17) is 5.11 Å². The van der Waals surface area contributed by atoms with Crippen LogP contribution in [0.3, 0.4) is 0 Å². The van der Waals surface area contributed by atoms with Crippen molar-refractivity contribution in [3.63, 3.8) is 0 Å². The number of fused-ring (bicyclic) bond motifs is 2. The van der Waals surface area contributed by atoms with Crippen LogP contribution in [0, 0.1) is 35.5 Å². The van der Waals surface area contributed by atoms with E-state index >= 15 is 0 Å². The van der Waals surface area contributed by atoms with Gasteiger partial charge in [-0.25, -0.2) is 0 Å². The van der Waals surface area contributed by atoms with Gasteiger partial charge in [0.05, 0.1) is 0 Å². The first kappa shape index (κ1) is 9.69. The number of aliphatic hydroxyl groups excluding tert-OH is 1. The molecule has 15 heavy (non-hydrogen) atoms. The Hall–Kier alpha value is -0.520. The van der Waals surface area contributed by atoms with E-state index in [0.29, 0.717) is 17.8 Å². The summed E-state index contributed by atoms with van der Waals surface area (Å²) in [7, 11) is 0. The predicted octanol–water partition coefficient (Wildman–Crippen LogP) is 1.17. The number of hydrogen-bond donors (Lipinski definition) is 2. The van der Waals surface area contributed by atoms with Crippen molar-refractivity contribution in [1.82, 2.24) is 0 Å². The molecule has 0 amide bonds. The van der Waals surface area contributed by atoms with Gasteiger partial charge in [0.2, 0.25) is 0 Å². The molecule has 3 saturated carbocycles. The minimum Gasteiger partial charge on any atom is -0.384 e. The van der Waals surface area contributed by atoms with Gasteiger partial charge in [0.15, 0.2) is 0 Å². The third-order valence-electron chi connectivity index (χ3n) is 4.69. The van der Waals surface area contributed by atoms with Gasteiger partial charge in [-0.15, -0.1) is 0 Å². The maximum Gasteiger partial charge on any atom is 0.128 e. The average Bonchev–Trinajstić information content (AvgIpc) is 2.46. The van der Waals surface area contributed by atoms with E-state index in [1.54, 1.807) is 0 Å². The number of aliphatic hydroxyl groups is 2. The Morgan fingerprint density at radius 2 is 1.93 bits per heavy atom. The fourth-order valence-electron chi connectivity index (χ4n) is 4.37. The second-order valence-electron chi connectivity index (χ2n) is 5.63. The average molecular weight is 206 g/mol. The molecule has 5 atom stereocenters. The van der Waals surface area contributed by atoms with Gasteiger partial charge in [0.1, 0.15) is 12.2 Å². The normalized spacial score (nSPS) is 51.3. The van der Waals surface area contributed by atoms with Gasteiger partial charge in [-0.3, -0.25) is 0 Å². The summed E-state index contributed by atoms with van der Waals surface area (Å²) < 4.78 is 0. The van der Waals surface area contributed by atoms with E-state index in [-0.39, 0.29) is 6.61 Å². The zero-order chi connectivity index (χ0) is 10.5. The fourth-order valence-corrected chi connectivity index (χ4v) is 4.37. The molecule has 3 rings (SSSR count). The quantitative estimate of drug-likeness (QED) is 0.584. The zero-order valence-electron chi connectivity index (χ0n) is 8.95. The summed E-state index contributed by atoms with van der Waals surface area (Å²) in [4.78, 5) is 0. The molecule has 0 heterocycles. The Kier molecular flexibility index (Phi) is 2.09. The monoisotopic (exact) mass is 206 g/mol. The summed E-state index contributed by atoms with van der Waals surface area (Å²) >= 11 is 0. The minimum absolute atomic E-state index is 0.131. The van der Waals surface area contributed by atoms with Gasteiger partial charge in [0, 0.05) is 5.92 Å². The van der Waals surface area contributed by atoms with Crippen LogP contribution >= 0.6 is 0 Å². The molecule has 3 aliphatic rings. The van der Waals surface area contributed by atoms with Crippen molar-refractivity contribution >= 4 is 0 Å². The topological polar surface area (TPSA) is 40.5 Å². The molecule has 0 saturated heterocycles. The smallest absolute Gasteiger partial charge is 0.128 e. The van der Waals surface area contributed by atoms with Gasteiger partial charge in [-0.1, -0.05) is 11.8 Å². The molecule has 4 unspecified atom stereocenters. The highest BCUT2D eigenvalue weighted by molar-refractivity contribution is 5.21. The van der Waals surface area contributed by atoms with Crippen LogP contribution in [0.15, 0.2) is 0 Å². The Morgan fingerprint density at radius 3 is 2.73 bits per heavy atom. The summed E-state index contributed by atoms with van der Waals surface area (Å²) in [6.45, 7) is -0.131. The van der Waals surface area contributed by atoms with Crippen LogP contribution in [0.25, 0.3) is 0 Å². The first-order chi connectivity index (χ1) is 7.21. The Morgan fingerprint density at radius 1 is 1.13 bits per heavy atom. The lowest BCUT2D eigenvalue weighted by Gasteiger charge is -2.42. The van der Waals surface area contributed by atoms with Gasteiger partial charge in [-0.05, 0) is 49.9 Å². The van der Waals surface area contributed by atoms with Crippen LogP contribution in [-0.2, 0) is 0 Å². The molecule has 0 aliphatic heterocycles. The van der Waals surface area contributed by atoms with Gasteiger partial charge in [0.25, 0.3) is 0 Å². The Balaban J connectivity index is 1.92. The van der Waals surface area contributed by atoms with Crippen molar-refractivity contribution in [2.24, 2.45) is 23.7 Å². The molecule has 3 fully saturated rings. The van der Waals surface area contributed by atoms with E-state index in [1.165, 1.54) is 19.3 Å². The number of rotatable bonds is 0. The third kappa shape index (κ3) is 1.41. The first-order valence-corrected chi connectivity index (χ1v) is 6.04. The lowest BCUT2D eigenvalue weighted by atomic mass is 9.65. The van der Waals surface area contributed by atoms with Crippen molar-refractivity contribution in [2.45, 2.75) is 37.7 Å². The van der Waals surface area contributed by atoms with Crippen LogP contribution in [0.5, 0.6) is 0 Å². The van der Waals surface area contributed by atoms with Crippen molar-refractivity contribution in [3.05, 3.63) is 0 Å². The van der Waals surface area contributed by atoms with Crippen LogP contribution in [0.2, 0.25) is 0 Å². The molecule has 2 N–H and O–H groups in total. The zero-order valence-corrected chi connectivity index (χ0v) is 8.95. The molecule has 0 aromatic heterocycles. The van der Waals surface area contributed by atoms with Crippen molar-refractivity contribution in [3.8, 4) is 11.8 Å². The van der Waals surface area contributed by atoms with Crippen molar-refractivity contribution in [1.29, 1.82) is 0 Å². The minimum atomic E-state index is -0.776. The van der Waals surface area contributed by atoms with E-state index in [1.807, 2.05) is 0 Å². The van der Waals surface area contributed by atoms with Crippen molar-refractivity contribution in [2.75, 3.05) is 6.61 Å². The summed E-state index contributed by atoms with van der Waals surface area (Å²) in [5, 5.41) is 19.3. The molecule has 3 bridgehead atoms. The standard InChI is InChI=1S/C13H18O2/c14-3-1-2-13(15)8-10-4-9-5-11(6-10)12(13)7-9/h9-12,14-15H,3-8H2/t9?,10?,11?,12?,13-/m0/s1. The van der Waals surface area contributed by atoms with E-state index in [2.05, 4.69) is 11.8 Å². The van der Waals surface area contributed by atoms with E-state index in [9.17, 15) is 5.11 Å². The lowest BCUT2D eigenvalue weighted by Crippen LogP contribution is -2.44.